The Kier molecular flexibility index (Phi) is 3.70. The second kappa shape index (κ2) is 4.82. The van der Waals surface area contributed by atoms with Gasteiger partial charge in [-0.15, -0.1) is 0 Å². The zero-order valence-electron chi connectivity index (χ0n) is 12.0. The van der Waals surface area contributed by atoms with Crippen LogP contribution in [0.4, 0.5) is 0 Å². The summed E-state index contributed by atoms with van der Waals surface area (Å²) in [4.78, 5) is 12.2. The first-order valence-electron chi connectivity index (χ1n) is 6.99. The van der Waals surface area contributed by atoms with E-state index in [0.29, 0.717) is 0 Å². The molecule has 1 aliphatic carbocycles. The highest BCUT2D eigenvalue weighted by Gasteiger charge is 2.58. The molecule has 104 valence electrons. The molecule has 2 rings (SSSR count). The molecule has 3 atom stereocenters. The molecule has 0 spiro atoms. The maximum Gasteiger partial charge on any atom is 0.237 e. The molecule has 1 aliphatic heterocycles. The summed E-state index contributed by atoms with van der Waals surface area (Å²) in [5.41, 5.74) is -0.128. The fourth-order valence-corrected chi connectivity index (χ4v) is 3.07. The molecule has 2 N–H and O–H groups in total. The number of amides is 1. The summed E-state index contributed by atoms with van der Waals surface area (Å²) in [6, 6.07) is 0.225. The maximum absolute atomic E-state index is 12.2. The van der Waals surface area contributed by atoms with Gasteiger partial charge in [0, 0.05) is 18.6 Å². The fourth-order valence-electron chi connectivity index (χ4n) is 3.07. The first-order chi connectivity index (χ1) is 8.40. The van der Waals surface area contributed by atoms with Crippen LogP contribution in [0.15, 0.2) is 0 Å². The van der Waals surface area contributed by atoms with Gasteiger partial charge in [0.2, 0.25) is 5.91 Å². The van der Waals surface area contributed by atoms with Gasteiger partial charge in [0.1, 0.15) is 0 Å². The van der Waals surface area contributed by atoms with Crippen molar-refractivity contribution in [2.75, 3.05) is 13.7 Å². The molecule has 1 heterocycles. The van der Waals surface area contributed by atoms with Crippen molar-refractivity contribution in [3.05, 3.63) is 0 Å². The number of methoxy groups -OCH3 is 1. The third kappa shape index (κ3) is 2.16. The Morgan fingerprint density at radius 2 is 2.06 bits per heavy atom. The van der Waals surface area contributed by atoms with Crippen molar-refractivity contribution in [1.29, 1.82) is 0 Å². The SMILES string of the molecule is CO[C@]1(C)C[C@H](NC(=O)[C@H]2CCCCN2)C1(C)C. The van der Waals surface area contributed by atoms with Crippen LogP contribution in [0.3, 0.4) is 0 Å². The van der Waals surface area contributed by atoms with Crippen LogP contribution in [0.5, 0.6) is 0 Å². The third-order valence-corrected chi connectivity index (χ3v) is 5.22. The quantitative estimate of drug-likeness (QED) is 0.801. The average molecular weight is 254 g/mol. The molecular weight excluding hydrogens is 228 g/mol. The zero-order valence-corrected chi connectivity index (χ0v) is 12.0. The number of piperidine rings is 1. The third-order valence-electron chi connectivity index (χ3n) is 5.22. The van der Waals surface area contributed by atoms with E-state index < -0.39 is 0 Å². The number of ether oxygens (including phenoxy) is 1. The van der Waals surface area contributed by atoms with E-state index in [1.54, 1.807) is 7.11 Å². The van der Waals surface area contributed by atoms with Crippen LogP contribution in [0.25, 0.3) is 0 Å². The van der Waals surface area contributed by atoms with Crippen molar-refractivity contribution < 1.29 is 9.53 Å². The average Bonchev–Trinajstić information content (AvgIpc) is 2.38. The molecule has 0 unspecified atom stereocenters. The summed E-state index contributed by atoms with van der Waals surface area (Å²) in [5, 5.41) is 6.48. The number of carbonyl (C=O) groups excluding carboxylic acids is 1. The standard InChI is InChI=1S/C14H26N2O2/c1-13(2)11(9-14(13,3)18-4)16-12(17)10-7-5-6-8-15-10/h10-11,15H,5-9H2,1-4H3,(H,16,17)/t10-,11+,14-/m1/s1. The van der Waals surface area contributed by atoms with Gasteiger partial charge in [-0.3, -0.25) is 4.79 Å². The first-order valence-corrected chi connectivity index (χ1v) is 6.99. The lowest BCUT2D eigenvalue weighted by Gasteiger charge is -2.59. The van der Waals surface area contributed by atoms with E-state index in [4.69, 9.17) is 4.74 Å². The molecule has 0 bridgehead atoms. The van der Waals surface area contributed by atoms with E-state index in [0.717, 1.165) is 25.8 Å². The van der Waals surface area contributed by atoms with E-state index in [1.807, 2.05) is 0 Å². The summed E-state index contributed by atoms with van der Waals surface area (Å²) in [6.45, 7) is 7.41. The Hall–Kier alpha value is -0.610. The second-order valence-electron chi connectivity index (χ2n) is 6.42. The van der Waals surface area contributed by atoms with Gasteiger partial charge in [-0.25, -0.2) is 0 Å². The first kappa shape index (κ1) is 13.8. The molecule has 2 fully saturated rings. The fraction of sp³-hybridized carbons (Fsp3) is 0.929. The molecule has 1 saturated heterocycles. The number of hydrogen-bond acceptors (Lipinski definition) is 3. The Balaban J connectivity index is 1.89. The Morgan fingerprint density at radius 1 is 1.33 bits per heavy atom. The molecule has 2 aliphatic rings. The molecule has 0 radical (unpaired) electrons. The van der Waals surface area contributed by atoms with Crippen LogP contribution in [0.1, 0.15) is 46.5 Å². The van der Waals surface area contributed by atoms with Gasteiger partial charge < -0.3 is 15.4 Å². The highest BCUT2D eigenvalue weighted by molar-refractivity contribution is 5.82. The number of carbonyl (C=O) groups is 1. The molecule has 18 heavy (non-hydrogen) atoms. The molecule has 0 aromatic heterocycles. The summed E-state index contributed by atoms with van der Waals surface area (Å²) in [6.07, 6.45) is 4.19. The second-order valence-corrected chi connectivity index (χ2v) is 6.42. The summed E-state index contributed by atoms with van der Waals surface area (Å²) in [7, 11) is 1.75. The smallest absolute Gasteiger partial charge is 0.237 e. The maximum atomic E-state index is 12.2. The molecule has 4 nitrogen and oxygen atoms in total. The molecule has 1 amide bonds. The largest absolute Gasteiger partial charge is 0.378 e. The van der Waals surface area contributed by atoms with E-state index >= 15 is 0 Å². The van der Waals surface area contributed by atoms with Gasteiger partial charge in [0.05, 0.1) is 11.6 Å². The molecule has 1 saturated carbocycles. The lowest BCUT2D eigenvalue weighted by atomic mass is 9.55. The summed E-state index contributed by atoms with van der Waals surface area (Å²) < 4.78 is 5.58. The van der Waals surface area contributed by atoms with Gasteiger partial charge in [0.15, 0.2) is 0 Å². The Labute approximate surface area is 110 Å². The van der Waals surface area contributed by atoms with Crippen LogP contribution in [0, 0.1) is 5.41 Å². The predicted octanol–water partition coefficient (Wildman–Crippen LogP) is 1.45. The monoisotopic (exact) mass is 254 g/mol. The minimum atomic E-state index is -0.120. The summed E-state index contributed by atoms with van der Waals surface area (Å²) >= 11 is 0. The van der Waals surface area contributed by atoms with Crippen molar-refractivity contribution in [3.8, 4) is 0 Å². The highest BCUT2D eigenvalue weighted by Crippen LogP contribution is 2.51. The number of nitrogens with one attached hydrogen (secondary N) is 2. The normalized spacial score (nSPS) is 38.9. The van der Waals surface area contributed by atoms with Crippen LogP contribution in [-0.2, 0) is 9.53 Å². The number of hydrogen-bond donors (Lipinski definition) is 2. The Bertz CT molecular complexity index is 324. The minimum Gasteiger partial charge on any atom is -0.378 e. The van der Waals surface area contributed by atoms with E-state index in [9.17, 15) is 4.79 Å². The van der Waals surface area contributed by atoms with Crippen molar-refractivity contribution in [3.63, 3.8) is 0 Å². The molecule has 4 heteroatoms. The van der Waals surface area contributed by atoms with E-state index in [-0.39, 0.29) is 29.0 Å². The van der Waals surface area contributed by atoms with Crippen LogP contribution in [-0.4, -0.2) is 37.2 Å². The van der Waals surface area contributed by atoms with Crippen LogP contribution < -0.4 is 10.6 Å². The van der Waals surface area contributed by atoms with Crippen molar-refractivity contribution in [2.24, 2.45) is 5.41 Å². The minimum absolute atomic E-state index is 0.00366. The van der Waals surface area contributed by atoms with Crippen molar-refractivity contribution in [2.45, 2.75) is 64.1 Å². The molecule has 0 aromatic rings. The summed E-state index contributed by atoms with van der Waals surface area (Å²) in [5.74, 6) is 0.158. The van der Waals surface area contributed by atoms with Gasteiger partial charge in [-0.05, 0) is 32.7 Å². The van der Waals surface area contributed by atoms with E-state index in [2.05, 4.69) is 31.4 Å². The lowest BCUT2D eigenvalue weighted by molar-refractivity contribution is -0.183. The lowest BCUT2D eigenvalue weighted by Crippen LogP contribution is -2.69. The predicted molar refractivity (Wildman–Crippen MR) is 71.4 cm³/mol. The van der Waals surface area contributed by atoms with Crippen LogP contribution in [0.2, 0.25) is 0 Å². The van der Waals surface area contributed by atoms with Gasteiger partial charge in [-0.1, -0.05) is 20.3 Å². The van der Waals surface area contributed by atoms with Gasteiger partial charge in [-0.2, -0.15) is 0 Å². The molecule has 0 aromatic carbocycles. The van der Waals surface area contributed by atoms with Crippen molar-refractivity contribution >= 4 is 5.91 Å². The van der Waals surface area contributed by atoms with E-state index in [1.165, 1.54) is 6.42 Å². The van der Waals surface area contributed by atoms with Gasteiger partial charge in [0.25, 0.3) is 0 Å². The molecular formula is C14H26N2O2. The zero-order chi connectivity index (χ0) is 13.4. The highest BCUT2D eigenvalue weighted by atomic mass is 16.5. The van der Waals surface area contributed by atoms with Crippen LogP contribution >= 0.6 is 0 Å². The van der Waals surface area contributed by atoms with Crippen molar-refractivity contribution in [1.82, 2.24) is 10.6 Å². The Morgan fingerprint density at radius 3 is 2.56 bits per heavy atom. The topological polar surface area (TPSA) is 50.4 Å². The number of rotatable bonds is 3. The van der Waals surface area contributed by atoms with Gasteiger partial charge >= 0.3 is 0 Å².